The van der Waals surface area contributed by atoms with Crippen LogP contribution in [0.3, 0.4) is 0 Å². The van der Waals surface area contributed by atoms with E-state index in [1.54, 1.807) is 62.4 Å². The monoisotopic (exact) mass is 615 g/mol. The number of carbonyl (C=O) groups is 2. The van der Waals surface area contributed by atoms with Gasteiger partial charge >= 0.3 is 0 Å². The van der Waals surface area contributed by atoms with Gasteiger partial charge < -0.3 is 10.2 Å². The summed E-state index contributed by atoms with van der Waals surface area (Å²) >= 11 is 12.4. The highest BCUT2D eigenvalue weighted by atomic mass is 35.5. The molecule has 3 aromatic rings. The Kier molecular flexibility index (Phi) is 10.00. The highest BCUT2D eigenvalue weighted by molar-refractivity contribution is 7.92. The molecule has 1 aliphatic rings. The Morgan fingerprint density at radius 2 is 1.54 bits per heavy atom. The molecule has 218 valence electrons. The lowest BCUT2D eigenvalue weighted by molar-refractivity contribution is -0.139. The topological polar surface area (TPSA) is 86.8 Å². The number of nitrogens with one attached hydrogen (secondary N) is 1. The van der Waals surface area contributed by atoms with Crippen LogP contribution < -0.4 is 9.62 Å². The summed E-state index contributed by atoms with van der Waals surface area (Å²) in [7, 11) is -4.17. The third kappa shape index (κ3) is 7.61. The Bertz CT molecular complexity index is 1490. The van der Waals surface area contributed by atoms with Crippen molar-refractivity contribution in [2.24, 2.45) is 0 Å². The Morgan fingerprint density at radius 1 is 0.927 bits per heavy atom. The number of hydrogen-bond acceptors (Lipinski definition) is 4. The molecule has 1 fully saturated rings. The second kappa shape index (κ2) is 13.3. The number of rotatable bonds is 10. The van der Waals surface area contributed by atoms with Gasteiger partial charge in [0.2, 0.25) is 11.8 Å². The predicted molar refractivity (Wildman–Crippen MR) is 164 cm³/mol. The molecule has 0 aliphatic heterocycles. The summed E-state index contributed by atoms with van der Waals surface area (Å²) in [4.78, 5) is 28.9. The fraction of sp³-hybridized carbons (Fsp3) is 0.355. The smallest absolute Gasteiger partial charge is 0.264 e. The Balaban J connectivity index is 1.71. The van der Waals surface area contributed by atoms with Gasteiger partial charge in [0.1, 0.15) is 12.6 Å². The van der Waals surface area contributed by atoms with Gasteiger partial charge in [-0.1, -0.05) is 71.9 Å². The van der Waals surface area contributed by atoms with Crippen LogP contribution >= 0.6 is 23.2 Å². The quantitative estimate of drug-likeness (QED) is 0.291. The van der Waals surface area contributed by atoms with E-state index in [9.17, 15) is 18.0 Å². The first-order chi connectivity index (χ1) is 19.5. The number of halogens is 2. The molecular weight excluding hydrogens is 581 g/mol. The SMILES string of the molecule is Cc1ccc(S(=O)(=O)N(CC(=O)N(Cc2ccc(Cl)cc2)[C@@H](C)C(=O)NC2CCCC2)c2cc(Cl)ccc2C)cc1. The maximum Gasteiger partial charge on any atom is 0.264 e. The molecule has 0 bridgehead atoms. The van der Waals surface area contributed by atoms with E-state index in [0.717, 1.165) is 41.1 Å². The zero-order valence-electron chi connectivity index (χ0n) is 23.4. The van der Waals surface area contributed by atoms with Gasteiger partial charge in [-0.3, -0.25) is 13.9 Å². The van der Waals surface area contributed by atoms with Crippen molar-refractivity contribution in [1.29, 1.82) is 0 Å². The highest BCUT2D eigenvalue weighted by Crippen LogP contribution is 2.30. The molecular formula is C31H35Cl2N3O4S. The van der Waals surface area contributed by atoms with Gasteiger partial charge in [0.25, 0.3) is 10.0 Å². The summed E-state index contributed by atoms with van der Waals surface area (Å²) < 4.78 is 29.1. The predicted octanol–water partition coefficient (Wildman–Crippen LogP) is 6.28. The second-order valence-corrected chi connectivity index (χ2v) is 13.3. The zero-order valence-corrected chi connectivity index (χ0v) is 25.8. The van der Waals surface area contributed by atoms with Gasteiger partial charge in [0.05, 0.1) is 10.6 Å². The first-order valence-electron chi connectivity index (χ1n) is 13.7. The van der Waals surface area contributed by atoms with Crippen LogP contribution in [0.4, 0.5) is 5.69 Å². The molecule has 3 aromatic carbocycles. The molecule has 1 aliphatic carbocycles. The molecule has 7 nitrogen and oxygen atoms in total. The number of benzene rings is 3. The largest absolute Gasteiger partial charge is 0.352 e. The summed E-state index contributed by atoms with van der Waals surface area (Å²) in [6.07, 6.45) is 3.91. The van der Waals surface area contributed by atoms with E-state index >= 15 is 0 Å². The molecule has 1 saturated carbocycles. The maximum atomic E-state index is 14.1. The van der Waals surface area contributed by atoms with Crippen molar-refractivity contribution in [2.75, 3.05) is 10.8 Å². The van der Waals surface area contributed by atoms with E-state index in [1.807, 2.05) is 6.92 Å². The molecule has 2 amide bonds. The molecule has 0 unspecified atom stereocenters. The van der Waals surface area contributed by atoms with Crippen molar-refractivity contribution in [3.8, 4) is 0 Å². The molecule has 0 saturated heterocycles. The van der Waals surface area contributed by atoms with Gasteiger partial charge in [0, 0.05) is 22.6 Å². The van der Waals surface area contributed by atoms with Crippen LogP contribution in [0, 0.1) is 13.8 Å². The molecule has 1 atom stereocenters. The minimum atomic E-state index is -4.17. The lowest BCUT2D eigenvalue weighted by Gasteiger charge is -2.33. The van der Waals surface area contributed by atoms with Crippen molar-refractivity contribution in [1.82, 2.24) is 10.2 Å². The van der Waals surface area contributed by atoms with Crippen molar-refractivity contribution >= 4 is 50.7 Å². The highest BCUT2D eigenvalue weighted by Gasteiger charge is 2.34. The first-order valence-corrected chi connectivity index (χ1v) is 15.8. The van der Waals surface area contributed by atoms with Crippen LogP contribution in [0.15, 0.2) is 71.6 Å². The summed E-state index contributed by atoms with van der Waals surface area (Å²) in [5.41, 5.74) is 2.59. The minimum absolute atomic E-state index is 0.0477. The molecule has 0 heterocycles. The average molecular weight is 617 g/mol. The van der Waals surface area contributed by atoms with Gasteiger partial charge in [-0.25, -0.2) is 8.42 Å². The Hall–Kier alpha value is -3.07. The number of hydrogen-bond donors (Lipinski definition) is 1. The molecule has 0 spiro atoms. The average Bonchev–Trinajstić information content (AvgIpc) is 3.45. The third-order valence-electron chi connectivity index (χ3n) is 7.46. The van der Waals surface area contributed by atoms with Gasteiger partial charge in [-0.2, -0.15) is 0 Å². The summed E-state index contributed by atoms with van der Waals surface area (Å²) in [5, 5.41) is 3.95. The van der Waals surface area contributed by atoms with Crippen LogP contribution in [-0.4, -0.2) is 43.8 Å². The van der Waals surface area contributed by atoms with Crippen LogP contribution in [-0.2, 0) is 26.2 Å². The number of carbonyl (C=O) groups excluding carboxylic acids is 2. The van der Waals surface area contributed by atoms with Gasteiger partial charge in [0.15, 0.2) is 0 Å². The molecule has 0 aromatic heterocycles. The van der Waals surface area contributed by atoms with Crippen molar-refractivity contribution in [3.05, 3.63) is 93.5 Å². The van der Waals surface area contributed by atoms with Crippen LogP contribution in [0.5, 0.6) is 0 Å². The number of sulfonamides is 1. The van der Waals surface area contributed by atoms with Crippen LogP contribution in [0.25, 0.3) is 0 Å². The van der Waals surface area contributed by atoms with Crippen molar-refractivity contribution in [3.63, 3.8) is 0 Å². The molecule has 4 rings (SSSR count). The standard InChI is InChI=1S/C31H35Cl2N3O4S/c1-21-8-16-28(17-9-21)41(39,40)36(29-18-26(33)13-10-22(29)2)20-30(37)35(19-24-11-14-25(32)15-12-24)23(3)31(38)34-27-6-4-5-7-27/h8-18,23,27H,4-7,19-20H2,1-3H3,(H,34,38)/t23-/m0/s1. The number of nitrogens with zero attached hydrogens (tertiary/aromatic N) is 2. The van der Waals surface area contributed by atoms with E-state index < -0.39 is 28.5 Å². The van der Waals surface area contributed by atoms with Crippen molar-refractivity contribution in [2.45, 2.75) is 70.0 Å². The van der Waals surface area contributed by atoms with Crippen LogP contribution in [0.1, 0.15) is 49.3 Å². The molecule has 10 heteroatoms. The third-order valence-corrected chi connectivity index (χ3v) is 9.72. The lowest BCUT2D eigenvalue weighted by Crippen LogP contribution is -2.52. The Labute approximate surface area is 252 Å². The number of anilines is 1. The summed E-state index contributed by atoms with van der Waals surface area (Å²) in [6, 6.07) is 17.6. The molecule has 1 N–H and O–H groups in total. The summed E-state index contributed by atoms with van der Waals surface area (Å²) in [6.45, 7) is 4.87. The number of aryl methyl sites for hydroxylation is 2. The summed E-state index contributed by atoms with van der Waals surface area (Å²) in [5.74, 6) is -0.796. The Morgan fingerprint density at radius 3 is 2.17 bits per heavy atom. The minimum Gasteiger partial charge on any atom is -0.352 e. The van der Waals surface area contributed by atoms with E-state index in [0.29, 0.717) is 21.3 Å². The number of amides is 2. The maximum absolute atomic E-state index is 14.1. The van der Waals surface area contributed by atoms with E-state index in [1.165, 1.54) is 23.1 Å². The van der Waals surface area contributed by atoms with E-state index in [2.05, 4.69) is 5.32 Å². The molecule has 41 heavy (non-hydrogen) atoms. The lowest BCUT2D eigenvalue weighted by atomic mass is 10.1. The van der Waals surface area contributed by atoms with Gasteiger partial charge in [-0.05, 0) is 81.1 Å². The van der Waals surface area contributed by atoms with Gasteiger partial charge in [-0.15, -0.1) is 0 Å². The fourth-order valence-electron chi connectivity index (χ4n) is 4.96. The van der Waals surface area contributed by atoms with E-state index in [-0.39, 0.29) is 23.4 Å². The molecule has 0 radical (unpaired) electrons. The normalized spacial score (nSPS) is 14.5. The fourth-order valence-corrected chi connectivity index (χ4v) is 6.73. The van der Waals surface area contributed by atoms with Crippen LogP contribution in [0.2, 0.25) is 10.0 Å². The second-order valence-electron chi connectivity index (χ2n) is 10.6. The zero-order chi connectivity index (χ0) is 29.7. The first kappa shape index (κ1) is 30.9. The van der Waals surface area contributed by atoms with Crippen molar-refractivity contribution < 1.29 is 18.0 Å². The van der Waals surface area contributed by atoms with E-state index in [4.69, 9.17) is 23.2 Å².